The molecule has 0 atom stereocenters. The molecular formula is C13H11BrClFN2O2. The van der Waals surface area contributed by atoms with Gasteiger partial charge in [-0.1, -0.05) is 17.7 Å². The van der Waals surface area contributed by atoms with Gasteiger partial charge < -0.3 is 4.74 Å². The Morgan fingerprint density at radius 3 is 2.95 bits per heavy atom. The van der Waals surface area contributed by atoms with Gasteiger partial charge in [0.1, 0.15) is 11.5 Å². The standard InChI is InChI=1S/C13H11BrClFN2O2/c1-20-6-5-18-12(8(14)7-17-18)13(19)11-9(15)3-2-4-10(11)16/h2-4,7H,5-6H2,1H3. The zero-order valence-electron chi connectivity index (χ0n) is 10.6. The molecule has 4 nitrogen and oxygen atoms in total. The summed E-state index contributed by atoms with van der Waals surface area (Å²) in [6, 6.07) is 4.12. The minimum Gasteiger partial charge on any atom is -0.383 e. The fraction of sp³-hybridized carbons (Fsp3) is 0.231. The van der Waals surface area contributed by atoms with E-state index >= 15 is 0 Å². The Morgan fingerprint density at radius 2 is 2.30 bits per heavy atom. The zero-order chi connectivity index (χ0) is 14.7. The predicted molar refractivity (Wildman–Crippen MR) is 76.6 cm³/mol. The minimum absolute atomic E-state index is 0.0707. The second-order valence-corrected chi connectivity index (χ2v) is 5.24. The predicted octanol–water partition coefficient (Wildman–Crippen LogP) is 3.32. The zero-order valence-corrected chi connectivity index (χ0v) is 12.9. The van der Waals surface area contributed by atoms with Crippen molar-refractivity contribution < 1.29 is 13.9 Å². The van der Waals surface area contributed by atoms with Crippen LogP contribution in [0.1, 0.15) is 16.1 Å². The number of aromatic nitrogens is 2. The van der Waals surface area contributed by atoms with Crippen LogP contribution in [0.2, 0.25) is 5.02 Å². The summed E-state index contributed by atoms with van der Waals surface area (Å²) < 4.78 is 20.7. The van der Waals surface area contributed by atoms with Gasteiger partial charge in [-0.3, -0.25) is 9.48 Å². The van der Waals surface area contributed by atoms with Crippen LogP contribution in [-0.4, -0.2) is 29.3 Å². The van der Waals surface area contributed by atoms with Crippen LogP contribution < -0.4 is 0 Å². The number of ketones is 1. The molecule has 0 amide bonds. The first kappa shape index (κ1) is 15.2. The maximum absolute atomic E-state index is 13.8. The normalized spacial score (nSPS) is 10.8. The molecule has 0 saturated heterocycles. The van der Waals surface area contributed by atoms with E-state index in [0.29, 0.717) is 17.6 Å². The Hall–Kier alpha value is -1.24. The third-order valence-electron chi connectivity index (χ3n) is 2.71. The van der Waals surface area contributed by atoms with Crippen molar-refractivity contribution in [3.8, 4) is 0 Å². The molecule has 0 N–H and O–H groups in total. The second kappa shape index (κ2) is 6.47. The number of rotatable bonds is 5. The van der Waals surface area contributed by atoms with Crippen molar-refractivity contribution in [2.45, 2.75) is 6.54 Å². The second-order valence-electron chi connectivity index (χ2n) is 3.98. The third-order valence-corrected chi connectivity index (χ3v) is 3.60. The number of hydrogen-bond acceptors (Lipinski definition) is 3. The Labute approximate surface area is 128 Å². The van der Waals surface area contributed by atoms with Crippen molar-refractivity contribution >= 4 is 33.3 Å². The van der Waals surface area contributed by atoms with Gasteiger partial charge in [0, 0.05) is 7.11 Å². The molecule has 2 rings (SSSR count). The van der Waals surface area contributed by atoms with Gasteiger partial charge in [0.25, 0.3) is 0 Å². The van der Waals surface area contributed by atoms with Crippen LogP contribution in [0.25, 0.3) is 0 Å². The van der Waals surface area contributed by atoms with Crippen LogP contribution >= 0.6 is 27.5 Å². The lowest BCUT2D eigenvalue weighted by atomic mass is 10.1. The highest BCUT2D eigenvalue weighted by molar-refractivity contribution is 9.10. The van der Waals surface area contributed by atoms with Crippen molar-refractivity contribution in [2.75, 3.05) is 13.7 Å². The summed E-state index contributed by atoms with van der Waals surface area (Å²) in [5.74, 6) is -1.18. The number of carbonyl (C=O) groups is 1. The van der Waals surface area contributed by atoms with E-state index in [9.17, 15) is 9.18 Å². The van der Waals surface area contributed by atoms with Gasteiger partial charge in [0.05, 0.1) is 34.4 Å². The molecular weight excluding hydrogens is 351 g/mol. The summed E-state index contributed by atoms with van der Waals surface area (Å²) in [5, 5.41) is 4.13. The number of halogens is 3. The number of ether oxygens (including phenoxy) is 1. The van der Waals surface area contributed by atoms with E-state index in [1.165, 1.54) is 29.1 Å². The monoisotopic (exact) mass is 360 g/mol. The third kappa shape index (κ3) is 2.92. The molecule has 0 aliphatic heterocycles. The van der Waals surface area contributed by atoms with E-state index in [-0.39, 0.29) is 16.3 Å². The van der Waals surface area contributed by atoms with E-state index in [2.05, 4.69) is 21.0 Å². The number of benzene rings is 1. The summed E-state index contributed by atoms with van der Waals surface area (Å²) in [7, 11) is 1.55. The van der Waals surface area contributed by atoms with E-state index < -0.39 is 11.6 Å². The molecule has 0 radical (unpaired) electrons. The lowest BCUT2D eigenvalue weighted by Gasteiger charge is -2.08. The summed E-state index contributed by atoms with van der Waals surface area (Å²) in [4.78, 5) is 12.5. The highest BCUT2D eigenvalue weighted by Gasteiger charge is 2.23. The molecule has 0 spiro atoms. The van der Waals surface area contributed by atoms with Crippen molar-refractivity contribution in [1.82, 2.24) is 9.78 Å². The summed E-state index contributed by atoms with van der Waals surface area (Å²) in [5.41, 5.74) is 0.0862. The molecule has 2 aromatic rings. The van der Waals surface area contributed by atoms with Crippen molar-refractivity contribution in [3.63, 3.8) is 0 Å². The van der Waals surface area contributed by atoms with Crippen molar-refractivity contribution in [2.24, 2.45) is 0 Å². The Morgan fingerprint density at radius 1 is 1.55 bits per heavy atom. The molecule has 0 bridgehead atoms. The number of methoxy groups -OCH3 is 1. The van der Waals surface area contributed by atoms with Gasteiger partial charge in [0.2, 0.25) is 5.78 Å². The first-order chi connectivity index (χ1) is 9.56. The average Bonchev–Trinajstić information content (AvgIpc) is 2.77. The molecule has 0 saturated carbocycles. The lowest BCUT2D eigenvalue weighted by molar-refractivity contribution is 0.102. The first-order valence-electron chi connectivity index (χ1n) is 5.75. The van der Waals surface area contributed by atoms with Crippen molar-refractivity contribution in [1.29, 1.82) is 0 Å². The van der Waals surface area contributed by atoms with Gasteiger partial charge in [-0.25, -0.2) is 4.39 Å². The highest BCUT2D eigenvalue weighted by atomic mass is 79.9. The van der Waals surface area contributed by atoms with Gasteiger partial charge in [-0.05, 0) is 28.1 Å². The topological polar surface area (TPSA) is 44.1 Å². The van der Waals surface area contributed by atoms with Crippen LogP contribution in [0.15, 0.2) is 28.9 Å². The Kier molecular flexibility index (Phi) is 4.91. The number of carbonyl (C=O) groups excluding carboxylic acids is 1. The molecule has 1 aromatic heterocycles. The fourth-order valence-corrected chi connectivity index (χ4v) is 2.49. The van der Waals surface area contributed by atoms with Crippen LogP contribution in [-0.2, 0) is 11.3 Å². The molecule has 0 unspecified atom stereocenters. The SMILES string of the molecule is COCCn1ncc(Br)c1C(=O)c1c(F)cccc1Cl. The van der Waals surface area contributed by atoms with Crippen LogP contribution in [0, 0.1) is 5.82 Å². The van der Waals surface area contributed by atoms with Gasteiger partial charge in [-0.2, -0.15) is 5.10 Å². The first-order valence-corrected chi connectivity index (χ1v) is 6.92. The molecule has 0 aliphatic rings. The Balaban J connectivity index is 2.46. The van der Waals surface area contributed by atoms with Gasteiger partial charge in [0.15, 0.2) is 0 Å². The fourth-order valence-electron chi connectivity index (χ4n) is 1.77. The average molecular weight is 362 g/mol. The quantitative estimate of drug-likeness (QED) is 0.768. The highest BCUT2D eigenvalue weighted by Crippen LogP contribution is 2.26. The molecule has 106 valence electrons. The Bertz CT molecular complexity index is 625. The van der Waals surface area contributed by atoms with E-state index in [1.807, 2.05) is 0 Å². The molecule has 1 aromatic carbocycles. The van der Waals surface area contributed by atoms with Crippen LogP contribution in [0.4, 0.5) is 4.39 Å². The summed E-state index contributed by atoms with van der Waals surface area (Å²) in [6.45, 7) is 0.772. The van der Waals surface area contributed by atoms with E-state index in [0.717, 1.165) is 0 Å². The van der Waals surface area contributed by atoms with Crippen LogP contribution in [0.3, 0.4) is 0 Å². The minimum atomic E-state index is -0.658. The summed E-state index contributed by atoms with van der Waals surface area (Å²) >= 11 is 9.17. The van der Waals surface area contributed by atoms with Gasteiger partial charge in [-0.15, -0.1) is 0 Å². The molecule has 0 aliphatic carbocycles. The molecule has 7 heteroatoms. The maximum atomic E-state index is 13.8. The molecule has 0 fully saturated rings. The number of nitrogens with zero attached hydrogens (tertiary/aromatic N) is 2. The molecule has 1 heterocycles. The van der Waals surface area contributed by atoms with E-state index in [4.69, 9.17) is 16.3 Å². The lowest BCUT2D eigenvalue weighted by Crippen LogP contribution is -2.16. The smallest absolute Gasteiger partial charge is 0.216 e. The molecule has 20 heavy (non-hydrogen) atoms. The largest absolute Gasteiger partial charge is 0.383 e. The van der Waals surface area contributed by atoms with Crippen LogP contribution in [0.5, 0.6) is 0 Å². The van der Waals surface area contributed by atoms with E-state index in [1.54, 1.807) is 7.11 Å². The number of hydrogen-bond donors (Lipinski definition) is 0. The van der Waals surface area contributed by atoms with Crippen molar-refractivity contribution in [3.05, 3.63) is 51.0 Å². The maximum Gasteiger partial charge on any atom is 0.216 e. The van der Waals surface area contributed by atoms with Gasteiger partial charge >= 0.3 is 0 Å². The summed E-state index contributed by atoms with van der Waals surface area (Å²) in [6.07, 6.45) is 1.48.